The third-order valence-electron chi connectivity index (χ3n) is 14.6. The second-order valence-electron chi connectivity index (χ2n) is 21.4. The van der Waals surface area contributed by atoms with Gasteiger partial charge in [-0.1, -0.05) is 296 Å². The molecule has 0 radical (unpaired) electrons. The summed E-state index contributed by atoms with van der Waals surface area (Å²) >= 11 is 0. The van der Waals surface area contributed by atoms with Crippen LogP contribution in [-0.2, 0) is 14.3 Å². The van der Waals surface area contributed by atoms with Crippen molar-refractivity contribution in [1.82, 2.24) is 5.32 Å². The zero-order chi connectivity index (χ0) is 49.3. The molecule has 0 fully saturated rings. The van der Waals surface area contributed by atoms with Crippen molar-refractivity contribution >= 4 is 11.9 Å². The van der Waals surface area contributed by atoms with Gasteiger partial charge in [-0.05, 0) is 51.4 Å². The number of nitrogens with one attached hydrogen (secondary N) is 1. The molecule has 0 aromatic rings. The van der Waals surface area contributed by atoms with Crippen molar-refractivity contribution < 1.29 is 24.5 Å². The van der Waals surface area contributed by atoms with E-state index in [1.165, 1.54) is 257 Å². The van der Waals surface area contributed by atoms with E-state index in [4.69, 9.17) is 4.74 Å². The Bertz CT molecular complexity index is 1020. The first-order valence-corrected chi connectivity index (χ1v) is 30.9. The molecule has 0 aromatic heterocycles. The number of esters is 1. The van der Waals surface area contributed by atoms with Gasteiger partial charge in [0.2, 0.25) is 5.91 Å². The number of carbonyl (C=O) groups is 2. The molecule has 68 heavy (non-hydrogen) atoms. The highest BCUT2D eigenvalue weighted by Gasteiger charge is 2.20. The molecule has 2 atom stereocenters. The number of carbonyl (C=O) groups excluding carboxylic acids is 2. The Kier molecular flexibility index (Phi) is 57.0. The van der Waals surface area contributed by atoms with Gasteiger partial charge in [0.05, 0.1) is 25.4 Å². The molecule has 6 heteroatoms. The molecule has 0 rings (SSSR count). The van der Waals surface area contributed by atoms with Crippen molar-refractivity contribution in [2.75, 3.05) is 13.2 Å². The van der Waals surface area contributed by atoms with Gasteiger partial charge in [0.1, 0.15) is 0 Å². The number of hydrogen-bond donors (Lipinski definition) is 3. The number of allylic oxidation sites excluding steroid dienone is 2. The van der Waals surface area contributed by atoms with Gasteiger partial charge in [-0.3, -0.25) is 9.59 Å². The van der Waals surface area contributed by atoms with E-state index in [2.05, 4.69) is 31.3 Å². The quantitative estimate of drug-likeness (QED) is 0.0321. The Labute approximate surface area is 425 Å². The lowest BCUT2D eigenvalue weighted by molar-refractivity contribution is -0.143. The SMILES string of the molecule is CCCCCCCCCCCCCCCCCCCCCCCC(O)C(CO)NC(=O)CCCCCCC/C=C\CCCCCCCCCCCOC(=O)CCCCCCCCCCCCCC. The van der Waals surface area contributed by atoms with Crippen LogP contribution in [0.5, 0.6) is 0 Å². The normalized spacial score (nSPS) is 12.6. The van der Waals surface area contributed by atoms with E-state index in [1.807, 2.05) is 0 Å². The molecule has 0 aromatic carbocycles. The fourth-order valence-corrected chi connectivity index (χ4v) is 9.81. The molecule has 0 heterocycles. The molecule has 6 nitrogen and oxygen atoms in total. The van der Waals surface area contributed by atoms with Crippen LogP contribution in [0.3, 0.4) is 0 Å². The van der Waals surface area contributed by atoms with E-state index in [0.717, 1.165) is 57.8 Å². The number of rotatable bonds is 58. The number of hydrogen-bond acceptors (Lipinski definition) is 5. The van der Waals surface area contributed by atoms with Gasteiger partial charge in [-0.25, -0.2) is 0 Å². The molecule has 404 valence electrons. The van der Waals surface area contributed by atoms with Crippen LogP contribution in [0.25, 0.3) is 0 Å². The van der Waals surface area contributed by atoms with E-state index < -0.39 is 12.1 Å². The Morgan fingerprint density at radius 2 is 0.691 bits per heavy atom. The maximum Gasteiger partial charge on any atom is 0.305 e. The van der Waals surface area contributed by atoms with Crippen LogP contribution in [0.2, 0.25) is 0 Å². The van der Waals surface area contributed by atoms with Crippen LogP contribution >= 0.6 is 0 Å². The highest BCUT2D eigenvalue weighted by atomic mass is 16.5. The molecule has 0 aliphatic heterocycles. The lowest BCUT2D eigenvalue weighted by atomic mass is 10.0. The summed E-state index contributed by atoms with van der Waals surface area (Å²) in [4.78, 5) is 24.5. The van der Waals surface area contributed by atoms with Crippen LogP contribution in [0, 0.1) is 0 Å². The Balaban J connectivity index is 3.44. The molecule has 0 aliphatic carbocycles. The van der Waals surface area contributed by atoms with Crippen molar-refractivity contribution in [2.45, 2.75) is 360 Å². The Morgan fingerprint density at radius 1 is 0.397 bits per heavy atom. The van der Waals surface area contributed by atoms with Crippen LogP contribution in [-0.4, -0.2) is 47.4 Å². The summed E-state index contributed by atoms with van der Waals surface area (Å²) in [5.74, 6) is -0.0409. The maximum atomic E-state index is 12.5. The highest BCUT2D eigenvalue weighted by molar-refractivity contribution is 5.76. The van der Waals surface area contributed by atoms with Crippen molar-refractivity contribution in [2.24, 2.45) is 0 Å². The highest BCUT2D eigenvalue weighted by Crippen LogP contribution is 2.18. The molecule has 0 aliphatic rings. The largest absolute Gasteiger partial charge is 0.466 e. The van der Waals surface area contributed by atoms with E-state index in [9.17, 15) is 19.8 Å². The Morgan fingerprint density at radius 3 is 1.04 bits per heavy atom. The minimum Gasteiger partial charge on any atom is -0.466 e. The molecule has 3 N–H and O–H groups in total. The Hall–Kier alpha value is -1.40. The van der Waals surface area contributed by atoms with Gasteiger partial charge in [-0.15, -0.1) is 0 Å². The average molecular weight is 961 g/mol. The summed E-state index contributed by atoms with van der Waals surface area (Å²) in [6.07, 6.45) is 69.3. The van der Waals surface area contributed by atoms with E-state index in [0.29, 0.717) is 25.9 Å². The smallest absolute Gasteiger partial charge is 0.305 e. The summed E-state index contributed by atoms with van der Waals surface area (Å²) in [5, 5.41) is 23.4. The first kappa shape index (κ1) is 66.6. The van der Waals surface area contributed by atoms with E-state index in [-0.39, 0.29) is 18.5 Å². The third kappa shape index (κ3) is 53.9. The number of aliphatic hydroxyl groups excluding tert-OH is 2. The van der Waals surface area contributed by atoms with Gasteiger partial charge in [0, 0.05) is 12.8 Å². The summed E-state index contributed by atoms with van der Waals surface area (Å²) in [5.41, 5.74) is 0. The van der Waals surface area contributed by atoms with Gasteiger partial charge in [0.15, 0.2) is 0 Å². The second-order valence-corrected chi connectivity index (χ2v) is 21.4. The van der Waals surface area contributed by atoms with Gasteiger partial charge in [0.25, 0.3) is 0 Å². The molecule has 0 saturated heterocycles. The first-order valence-electron chi connectivity index (χ1n) is 30.9. The second kappa shape index (κ2) is 58.2. The molecular weight excluding hydrogens is 839 g/mol. The van der Waals surface area contributed by atoms with Crippen molar-refractivity contribution in [3.05, 3.63) is 12.2 Å². The number of unbranched alkanes of at least 4 members (excludes halogenated alkanes) is 45. The van der Waals surface area contributed by atoms with E-state index in [1.54, 1.807) is 0 Å². The summed E-state index contributed by atoms with van der Waals surface area (Å²) < 4.78 is 5.47. The zero-order valence-electron chi connectivity index (χ0n) is 46.1. The number of aliphatic hydroxyl groups is 2. The number of ether oxygens (including phenoxy) is 1. The average Bonchev–Trinajstić information content (AvgIpc) is 3.34. The van der Waals surface area contributed by atoms with Crippen LogP contribution in [0.4, 0.5) is 0 Å². The van der Waals surface area contributed by atoms with Crippen molar-refractivity contribution in [1.29, 1.82) is 0 Å². The lowest BCUT2D eigenvalue weighted by Gasteiger charge is -2.22. The number of amides is 1. The molecule has 0 bridgehead atoms. The minimum atomic E-state index is -0.673. The molecule has 0 saturated carbocycles. The molecule has 1 amide bonds. The van der Waals surface area contributed by atoms with Crippen LogP contribution in [0.1, 0.15) is 348 Å². The van der Waals surface area contributed by atoms with Gasteiger partial charge < -0.3 is 20.3 Å². The zero-order valence-corrected chi connectivity index (χ0v) is 46.1. The fraction of sp³-hybridized carbons (Fsp3) is 0.935. The minimum absolute atomic E-state index is 0.00455. The summed E-state index contributed by atoms with van der Waals surface area (Å²) in [6, 6.07) is -0.551. The molecular formula is C62H121NO5. The predicted molar refractivity (Wildman–Crippen MR) is 297 cm³/mol. The molecule has 2 unspecified atom stereocenters. The first-order chi connectivity index (χ1) is 33.5. The maximum absolute atomic E-state index is 12.5. The fourth-order valence-electron chi connectivity index (χ4n) is 9.81. The van der Waals surface area contributed by atoms with E-state index >= 15 is 0 Å². The standard InChI is InChI=1S/C62H121NO5/c1-3-5-7-9-11-13-15-17-18-19-20-21-22-25-28-31-34-38-42-46-50-54-60(65)59(58-64)63-61(66)55-51-47-43-39-35-32-29-26-23-24-27-30-33-37-41-45-49-53-57-68-62(67)56-52-48-44-40-36-16-14-12-10-8-6-4-2/h26,29,59-60,64-65H,3-25,27-28,30-58H2,1-2H3,(H,63,66)/b29-26-. The van der Waals surface area contributed by atoms with Crippen molar-refractivity contribution in [3.8, 4) is 0 Å². The third-order valence-corrected chi connectivity index (χ3v) is 14.6. The van der Waals surface area contributed by atoms with Crippen molar-refractivity contribution in [3.63, 3.8) is 0 Å². The van der Waals surface area contributed by atoms with Crippen LogP contribution in [0.15, 0.2) is 12.2 Å². The predicted octanol–water partition coefficient (Wildman–Crippen LogP) is 19.2. The summed E-state index contributed by atoms with van der Waals surface area (Å²) in [6.45, 7) is 4.96. The lowest BCUT2D eigenvalue weighted by Crippen LogP contribution is -2.45. The monoisotopic (exact) mass is 960 g/mol. The van der Waals surface area contributed by atoms with Gasteiger partial charge >= 0.3 is 5.97 Å². The molecule has 0 spiro atoms. The van der Waals surface area contributed by atoms with Gasteiger partial charge in [-0.2, -0.15) is 0 Å². The topological polar surface area (TPSA) is 95.9 Å². The summed E-state index contributed by atoms with van der Waals surface area (Å²) in [7, 11) is 0. The van der Waals surface area contributed by atoms with Crippen LogP contribution < -0.4 is 5.32 Å².